The number of sulfonamides is 1. The largest absolute Gasteiger partial charge is 0.322 e. The van der Waals surface area contributed by atoms with Crippen LogP contribution in [0.5, 0.6) is 0 Å². The molecule has 0 spiro atoms. The predicted octanol–water partition coefficient (Wildman–Crippen LogP) is 1.97. The van der Waals surface area contributed by atoms with Gasteiger partial charge in [0.05, 0.1) is 16.0 Å². The zero-order chi connectivity index (χ0) is 21.3. The van der Waals surface area contributed by atoms with E-state index in [9.17, 15) is 22.8 Å². The van der Waals surface area contributed by atoms with Crippen LogP contribution in [0.15, 0.2) is 60.0 Å². The molecule has 2 aromatic rings. The number of nitrogens with one attached hydrogen (secondary N) is 1. The Kier molecular flexibility index (Phi) is 5.36. The fraction of sp³-hybridized carbons (Fsp3) is 0.150. The highest BCUT2D eigenvalue weighted by Gasteiger charge is 2.35. The van der Waals surface area contributed by atoms with Gasteiger partial charge in [0, 0.05) is 31.9 Å². The van der Waals surface area contributed by atoms with Crippen LogP contribution in [0.2, 0.25) is 0 Å². The first-order valence-electron chi connectivity index (χ1n) is 8.62. The fourth-order valence-corrected chi connectivity index (χ4v) is 3.82. The number of carbonyl (C=O) groups is 3. The van der Waals surface area contributed by atoms with Crippen molar-refractivity contribution in [2.75, 3.05) is 26.0 Å². The van der Waals surface area contributed by atoms with Crippen molar-refractivity contribution in [2.45, 2.75) is 4.90 Å². The molecule has 0 saturated carbocycles. The van der Waals surface area contributed by atoms with Crippen LogP contribution in [-0.2, 0) is 10.0 Å². The van der Waals surface area contributed by atoms with Crippen LogP contribution in [0.3, 0.4) is 0 Å². The zero-order valence-electron chi connectivity index (χ0n) is 15.9. The van der Waals surface area contributed by atoms with E-state index in [2.05, 4.69) is 11.9 Å². The van der Waals surface area contributed by atoms with Gasteiger partial charge < -0.3 is 5.32 Å². The quantitative estimate of drug-likeness (QED) is 0.576. The van der Waals surface area contributed by atoms with Gasteiger partial charge in [-0.05, 0) is 36.4 Å². The molecule has 0 radical (unpaired) electrons. The van der Waals surface area contributed by atoms with Gasteiger partial charge >= 0.3 is 0 Å². The van der Waals surface area contributed by atoms with Crippen LogP contribution in [0.4, 0.5) is 5.69 Å². The molecule has 1 aliphatic rings. The lowest BCUT2D eigenvalue weighted by atomic mass is 10.1. The Morgan fingerprint density at radius 3 is 2.45 bits per heavy atom. The Morgan fingerprint density at radius 1 is 1.10 bits per heavy atom. The zero-order valence-corrected chi connectivity index (χ0v) is 16.7. The van der Waals surface area contributed by atoms with Crippen LogP contribution < -0.4 is 5.32 Å². The molecule has 2 aromatic carbocycles. The van der Waals surface area contributed by atoms with Gasteiger partial charge in [0.25, 0.3) is 17.7 Å². The predicted molar refractivity (Wildman–Crippen MR) is 107 cm³/mol. The average Bonchev–Trinajstić information content (AvgIpc) is 2.93. The van der Waals surface area contributed by atoms with E-state index in [-0.39, 0.29) is 33.8 Å². The third kappa shape index (κ3) is 3.69. The standard InChI is InChI=1S/C20H19N3O5S/c1-4-10-23-19(25)16-9-8-13(11-17(16)20(23)26)18(24)21-14-6-5-7-15(12-14)29(27,28)22(2)3/h4-9,11-12H,1,10H2,2-3H3,(H,21,24). The summed E-state index contributed by atoms with van der Waals surface area (Å²) in [7, 11) is -0.815. The molecule has 0 aromatic heterocycles. The van der Waals surface area contributed by atoms with Gasteiger partial charge in [0.15, 0.2) is 0 Å². The fourth-order valence-electron chi connectivity index (χ4n) is 2.88. The molecule has 1 aliphatic heterocycles. The molecule has 0 unspecified atom stereocenters. The van der Waals surface area contributed by atoms with E-state index in [1.54, 1.807) is 6.07 Å². The minimum absolute atomic E-state index is 0.0371. The average molecular weight is 413 g/mol. The first-order chi connectivity index (χ1) is 13.7. The number of imide groups is 1. The lowest BCUT2D eigenvalue weighted by Crippen LogP contribution is -2.29. The Bertz CT molecular complexity index is 1140. The van der Waals surface area contributed by atoms with E-state index < -0.39 is 27.7 Å². The van der Waals surface area contributed by atoms with Crippen molar-refractivity contribution in [1.29, 1.82) is 0 Å². The summed E-state index contributed by atoms with van der Waals surface area (Å²) in [5.74, 6) is -1.45. The molecule has 1 heterocycles. The minimum atomic E-state index is -3.65. The Labute approximate surface area is 168 Å². The smallest absolute Gasteiger partial charge is 0.261 e. The van der Waals surface area contributed by atoms with Crippen molar-refractivity contribution in [3.63, 3.8) is 0 Å². The first kappa shape index (κ1) is 20.4. The molecule has 150 valence electrons. The third-order valence-electron chi connectivity index (χ3n) is 4.42. The summed E-state index contributed by atoms with van der Waals surface area (Å²) in [6, 6.07) is 10.1. The SMILES string of the molecule is C=CCN1C(=O)c2ccc(C(=O)Nc3cccc(S(=O)(=O)N(C)C)c3)cc2C1=O. The summed E-state index contributed by atoms with van der Waals surface area (Å²) >= 11 is 0. The van der Waals surface area contributed by atoms with Crippen molar-refractivity contribution in [3.05, 3.63) is 71.8 Å². The Hall–Kier alpha value is -3.30. The van der Waals surface area contributed by atoms with Crippen LogP contribution >= 0.6 is 0 Å². The van der Waals surface area contributed by atoms with Crippen molar-refractivity contribution < 1.29 is 22.8 Å². The minimum Gasteiger partial charge on any atom is -0.322 e. The number of fused-ring (bicyclic) bond motifs is 1. The van der Waals surface area contributed by atoms with E-state index in [1.165, 1.54) is 56.6 Å². The Balaban J connectivity index is 1.86. The molecule has 9 heteroatoms. The van der Waals surface area contributed by atoms with Gasteiger partial charge in [-0.15, -0.1) is 6.58 Å². The highest BCUT2D eigenvalue weighted by atomic mass is 32.2. The van der Waals surface area contributed by atoms with E-state index in [0.29, 0.717) is 0 Å². The van der Waals surface area contributed by atoms with Gasteiger partial charge in [-0.3, -0.25) is 19.3 Å². The molecule has 0 atom stereocenters. The highest BCUT2D eigenvalue weighted by Crippen LogP contribution is 2.25. The van der Waals surface area contributed by atoms with Crippen LogP contribution in [-0.4, -0.2) is 56.0 Å². The second-order valence-corrected chi connectivity index (χ2v) is 8.69. The third-order valence-corrected chi connectivity index (χ3v) is 6.23. The monoisotopic (exact) mass is 413 g/mol. The maximum absolute atomic E-state index is 12.6. The number of carbonyl (C=O) groups excluding carboxylic acids is 3. The second-order valence-electron chi connectivity index (χ2n) is 6.54. The molecule has 8 nitrogen and oxygen atoms in total. The number of anilines is 1. The molecule has 3 amide bonds. The summed E-state index contributed by atoms with van der Waals surface area (Å²) in [6.07, 6.45) is 1.45. The van der Waals surface area contributed by atoms with E-state index in [4.69, 9.17) is 0 Å². The van der Waals surface area contributed by atoms with Crippen molar-refractivity contribution in [3.8, 4) is 0 Å². The number of amides is 3. The summed E-state index contributed by atoms with van der Waals surface area (Å²) in [5.41, 5.74) is 0.834. The second kappa shape index (κ2) is 7.61. The number of hydrogen-bond acceptors (Lipinski definition) is 5. The topological polar surface area (TPSA) is 104 Å². The molecule has 3 rings (SSSR count). The van der Waals surface area contributed by atoms with Gasteiger partial charge in [0.2, 0.25) is 10.0 Å². The van der Waals surface area contributed by atoms with Gasteiger partial charge in [0.1, 0.15) is 0 Å². The van der Waals surface area contributed by atoms with Crippen molar-refractivity contribution in [2.24, 2.45) is 0 Å². The summed E-state index contributed by atoms with van der Waals surface area (Å²) in [4.78, 5) is 38.3. The molecule has 1 N–H and O–H groups in total. The van der Waals surface area contributed by atoms with Crippen LogP contribution in [0, 0.1) is 0 Å². The maximum Gasteiger partial charge on any atom is 0.261 e. The lowest BCUT2D eigenvalue weighted by Gasteiger charge is -2.13. The molecular weight excluding hydrogens is 394 g/mol. The summed E-state index contributed by atoms with van der Waals surface area (Å²) < 4.78 is 25.6. The van der Waals surface area contributed by atoms with Crippen molar-refractivity contribution >= 4 is 33.4 Å². The van der Waals surface area contributed by atoms with Crippen molar-refractivity contribution in [1.82, 2.24) is 9.21 Å². The maximum atomic E-state index is 12.6. The number of hydrogen-bond donors (Lipinski definition) is 1. The van der Waals surface area contributed by atoms with E-state index >= 15 is 0 Å². The first-order valence-corrected chi connectivity index (χ1v) is 10.1. The van der Waals surface area contributed by atoms with E-state index in [1.807, 2.05) is 0 Å². The van der Waals surface area contributed by atoms with Crippen LogP contribution in [0.1, 0.15) is 31.1 Å². The van der Waals surface area contributed by atoms with Gasteiger partial charge in [-0.1, -0.05) is 12.1 Å². The molecular formula is C20H19N3O5S. The van der Waals surface area contributed by atoms with Gasteiger partial charge in [-0.2, -0.15) is 0 Å². The normalized spacial score (nSPS) is 13.6. The number of benzene rings is 2. The molecule has 0 aliphatic carbocycles. The summed E-state index contributed by atoms with van der Waals surface area (Å²) in [5, 5.41) is 2.62. The lowest BCUT2D eigenvalue weighted by molar-refractivity contribution is 0.0672. The number of rotatable bonds is 6. The van der Waals surface area contributed by atoms with Gasteiger partial charge in [-0.25, -0.2) is 12.7 Å². The molecule has 29 heavy (non-hydrogen) atoms. The summed E-state index contributed by atoms with van der Waals surface area (Å²) in [6.45, 7) is 3.61. The Morgan fingerprint density at radius 2 is 1.79 bits per heavy atom. The molecule has 0 bridgehead atoms. The number of nitrogens with zero attached hydrogens (tertiary/aromatic N) is 2. The highest BCUT2D eigenvalue weighted by molar-refractivity contribution is 7.89. The molecule has 0 saturated heterocycles. The van der Waals surface area contributed by atoms with Crippen LogP contribution in [0.25, 0.3) is 0 Å². The van der Waals surface area contributed by atoms with E-state index in [0.717, 1.165) is 9.21 Å². The molecule has 0 fully saturated rings.